The fourth-order valence-electron chi connectivity index (χ4n) is 4.58. The Morgan fingerprint density at radius 3 is 2.64 bits per heavy atom. The van der Waals surface area contributed by atoms with Crippen LogP contribution in [0.5, 0.6) is 0 Å². The van der Waals surface area contributed by atoms with Crippen LogP contribution in [0.15, 0.2) is 24.4 Å². The second kappa shape index (κ2) is 10.6. The molecule has 0 bridgehead atoms. The Bertz CT molecular complexity index is 1180. The van der Waals surface area contributed by atoms with E-state index in [-0.39, 0.29) is 23.9 Å². The molecular weight excluding hydrogens is 458 g/mol. The maximum Gasteiger partial charge on any atom is 0.254 e. The minimum absolute atomic E-state index is 0.0419. The Morgan fingerprint density at radius 2 is 1.97 bits per heavy atom. The van der Waals surface area contributed by atoms with Crippen LogP contribution in [-0.4, -0.2) is 72.1 Å². The van der Waals surface area contributed by atoms with Crippen molar-refractivity contribution in [1.82, 2.24) is 14.9 Å². The topological polar surface area (TPSA) is 151 Å². The fraction of sp³-hybridized carbons (Fsp3) is 0.500. The zero-order valence-electron chi connectivity index (χ0n) is 20.9. The number of ether oxygens (including phenoxy) is 1. The second-order valence-electron chi connectivity index (χ2n) is 9.98. The molecule has 1 aromatic heterocycles. The van der Waals surface area contributed by atoms with E-state index in [1.54, 1.807) is 17.0 Å². The molecule has 2 fully saturated rings. The summed E-state index contributed by atoms with van der Waals surface area (Å²) in [5, 5.41) is 9.77. The smallest absolute Gasteiger partial charge is 0.254 e. The summed E-state index contributed by atoms with van der Waals surface area (Å²) < 4.78 is 5.38. The van der Waals surface area contributed by atoms with E-state index in [0.29, 0.717) is 50.1 Å². The summed E-state index contributed by atoms with van der Waals surface area (Å²) in [5.41, 5.74) is 13.6. The number of nitrogens with two attached hydrogens (primary N) is 2. The molecule has 2 aromatic rings. The summed E-state index contributed by atoms with van der Waals surface area (Å²) in [5.74, 6) is -0.232. The first kappa shape index (κ1) is 25.5. The number of rotatable bonds is 6. The molecule has 2 aliphatic heterocycles. The van der Waals surface area contributed by atoms with Crippen LogP contribution >= 0.6 is 0 Å². The Hall–Kier alpha value is -3.55. The van der Waals surface area contributed by atoms with Crippen molar-refractivity contribution in [3.63, 3.8) is 0 Å². The highest BCUT2D eigenvalue weighted by Gasteiger charge is 2.26. The van der Waals surface area contributed by atoms with Crippen molar-refractivity contribution >= 4 is 17.8 Å². The lowest BCUT2D eigenvalue weighted by atomic mass is 9.83. The highest BCUT2D eigenvalue weighted by molar-refractivity contribution is 5.95. The molecule has 1 aromatic carbocycles. The molecular formula is C26H33N7O3. The molecule has 1 atom stereocenters. The van der Waals surface area contributed by atoms with Crippen molar-refractivity contribution in [2.24, 2.45) is 11.5 Å². The summed E-state index contributed by atoms with van der Waals surface area (Å²) in [6.07, 6.45) is 3.61. The van der Waals surface area contributed by atoms with Gasteiger partial charge in [0.2, 0.25) is 5.95 Å². The van der Waals surface area contributed by atoms with Gasteiger partial charge in [-0.05, 0) is 49.9 Å². The predicted octanol–water partition coefficient (Wildman–Crippen LogP) is 1.37. The van der Waals surface area contributed by atoms with Crippen LogP contribution in [0.3, 0.4) is 0 Å². The van der Waals surface area contributed by atoms with Gasteiger partial charge in [-0.15, -0.1) is 0 Å². The van der Waals surface area contributed by atoms with Crippen LogP contribution in [0.4, 0.5) is 5.95 Å². The zero-order valence-corrected chi connectivity index (χ0v) is 20.9. The molecule has 36 heavy (non-hydrogen) atoms. The summed E-state index contributed by atoms with van der Waals surface area (Å²) in [6.45, 7) is 7.06. The van der Waals surface area contributed by atoms with Crippen LogP contribution < -0.4 is 16.4 Å². The first-order valence-corrected chi connectivity index (χ1v) is 12.3. The van der Waals surface area contributed by atoms with Gasteiger partial charge in [0.05, 0.1) is 36.0 Å². The van der Waals surface area contributed by atoms with Crippen LogP contribution in [0.1, 0.15) is 64.2 Å². The highest BCUT2D eigenvalue weighted by Crippen LogP contribution is 2.27. The van der Waals surface area contributed by atoms with Gasteiger partial charge in [0.15, 0.2) is 0 Å². The fourth-order valence-corrected chi connectivity index (χ4v) is 4.58. The molecule has 2 amide bonds. The molecule has 190 valence electrons. The number of hydrogen-bond donors (Lipinski definition) is 2. The standard InChI is InChI=1S/C26H33N7O3/c1-26(2,16-27)19-11-17(10-18(13-19)24(35)32-6-8-36-9-7-32)12-22-21(23(29)34)14-30-25(31-22)33-5-3-4-20(28)15-33/h10-11,13-14,20H,3-9,12,15,28H2,1-2H3,(H2,29,34)/t20-/m0/s1. The first-order chi connectivity index (χ1) is 17.2. The van der Waals surface area contributed by atoms with Crippen molar-refractivity contribution in [3.05, 3.63) is 52.3 Å². The number of hydrogen-bond acceptors (Lipinski definition) is 8. The molecule has 0 spiro atoms. The number of amides is 2. The van der Waals surface area contributed by atoms with Gasteiger partial charge in [0.1, 0.15) is 0 Å². The monoisotopic (exact) mass is 491 g/mol. The third kappa shape index (κ3) is 5.64. The van der Waals surface area contributed by atoms with Gasteiger partial charge in [-0.1, -0.05) is 6.07 Å². The average molecular weight is 492 g/mol. The van der Waals surface area contributed by atoms with Crippen molar-refractivity contribution in [3.8, 4) is 6.07 Å². The number of benzene rings is 1. The minimum Gasteiger partial charge on any atom is -0.378 e. The Labute approximate surface area is 211 Å². The minimum atomic E-state index is -0.816. The van der Waals surface area contributed by atoms with Gasteiger partial charge in [0.25, 0.3) is 11.8 Å². The lowest BCUT2D eigenvalue weighted by Crippen LogP contribution is -2.43. The third-order valence-electron chi connectivity index (χ3n) is 6.77. The van der Waals surface area contributed by atoms with E-state index < -0.39 is 11.3 Å². The lowest BCUT2D eigenvalue weighted by molar-refractivity contribution is 0.0302. The number of aromatic nitrogens is 2. The van der Waals surface area contributed by atoms with Crippen molar-refractivity contribution in [2.75, 3.05) is 44.3 Å². The van der Waals surface area contributed by atoms with Crippen LogP contribution in [0, 0.1) is 11.3 Å². The summed E-state index contributed by atoms with van der Waals surface area (Å²) in [6, 6.07) is 7.83. The maximum absolute atomic E-state index is 13.3. The summed E-state index contributed by atoms with van der Waals surface area (Å²) in [7, 11) is 0. The van der Waals surface area contributed by atoms with Gasteiger partial charge in [-0.2, -0.15) is 5.26 Å². The van der Waals surface area contributed by atoms with E-state index >= 15 is 0 Å². The first-order valence-electron chi connectivity index (χ1n) is 12.3. The quantitative estimate of drug-likeness (QED) is 0.615. The molecule has 3 heterocycles. The van der Waals surface area contributed by atoms with E-state index in [2.05, 4.69) is 11.1 Å². The van der Waals surface area contributed by atoms with E-state index in [4.69, 9.17) is 21.2 Å². The van der Waals surface area contributed by atoms with Crippen LogP contribution in [0.25, 0.3) is 0 Å². The molecule has 0 saturated carbocycles. The van der Waals surface area contributed by atoms with Gasteiger partial charge in [-0.25, -0.2) is 9.97 Å². The molecule has 10 nitrogen and oxygen atoms in total. The summed E-state index contributed by atoms with van der Waals surface area (Å²) >= 11 is 0. The van der Waals surface area contributed by atoms with Crippen molar-refractivity contribution < 1.29 is 14.3 Å². The highest BCUT2D eigenvalue weighted by atomic mass is 16.5. The number of nitrogens with zero attached hydrogens (tertiary/aromatic N) is 5. The van der Waals surface area contributed by atoms with E-state index in [1.807, 2.05) is 24.8 Å². The number of morpholine rings is 1. The van der Waals surface area contributed by atoms with Crippen molar-refractivity contribution in [1.29, 1.82) is 5.26 Å². The predicted molar refractivity (Wildman–Crippen MR) is 135 cm³/mol. The largest absolute Gasteiger partial charge is 0.378 e. The normalized spacial score (nSPS) is 18.6. The van der Waals surface area contributed by atoms with E-state index in [0.717, 1.165) is 30.5 Å². The second-order valence-corrected chi connectivity index (χ2v) is 9.98. The molecule has 10 heteroatoms. The van der Waals surface area contributed by atoms with Gasteiger partial charge in [0, 0.05) is 50.4 Å². The maximum atomic E-state index is 13.3. The SMILES string of the molecule is CC(C)(C#N)c1cc(Cc2nc(N3CCC[C@H](N)C3)ncc2C(N)=O)cc(C(=O)N2CCOCC2)c1. The van der Waals surface area contributed by atoms with Gasteiger partial charge < -0.3 is 26.0 Å². The zero-order chi connectivity index (χ0) is 25.9. The van der Waals surface area contributed by atoms with E-state index in [1.165, 1.54) is 6.20 Å². The molecule has 4 N–H and O–H groups in total. The molecule has 0 radical (unpaired) electrons. The number of carbonyl (C=O) groups excluding carboxylic acids is 2. The number of primary amides is 1. The van der Waals surface area contributed by atoms with Crippen molar-refractivity contribution in [2.45, 2.75) is 44.6 Å². The number of piperidine rings is 1. The molecule has 2 aliphatic rings. The average Bonchev–Trinajstić information content (AvgIpc) is 2.88. The van der Waals surface area contributed by atoms with Gasteiger partial charge in [-0.3, -0.25) is 9.59 Å². The third-order valence-corrected chi connectivity index (χ3v) is 6.77. The number of carbonyl (C=O) groups is 2. The molecule has 2 saturated heterocycles. The molecule has 4 rings (SSSR count). The number of nitriles is 1. The molecule has 0 unspecified atom stereocenters. The van der Waals surface area contributed by atoms with Crippen LogP contribution in [0.2, 0.25) is 0 Å². The summed E-state index contributed by atoms with van der Waals surface area (Å²) in [4.78, 5) is 38.4. The number of anilines is 1. The Balaban J connectivity index is 1.73. The van der Waals surface area contributed by atoms with Crippen LogP contribution in [-0.2, 0) is 16.6 Å². The Kier molecular flexibility index (Phi) is 7.52. The Morgan fingerprint density at radius 1 is 1.22 bits per heavy atom. The molecule has 0 aliphatic carbocycles. The lowest BCUT2D eigenvalue weighted by Gasteiger charge is -2.31. The van der Waals surface area contributed by atoms with E-state index in [9.17, 15) is 14.9 Å². The van der Waals surface area contributed by atoms with Gasteiger partial charge >= 0.3 is 0 Å².